The molecule has 1 saturated carbocycles. The van der Waals surface area contributed by atoms with Crippen LogP contribution in [-0.4, -0.2) is 30.0 Å². The van der Waals surface area contributed by atoms with E-state index in [-0.39, 0.29) is 5.79 Å². The van der Waals surface area contributed by atoms with Crippen LogP contribution < -0.4 is 5.32 Å². The summed E-state index contributed by atoms with van der Waals surface area (Å²) in [6.07, 6.45) is 5.60. The van der Waals surface area contributed by atoms with E-state index in [1.165, 1.54) is 0 Å². The van der Waals surface area contributed by atoms with E-state index in [9.17, 15) is 0 Å². The Balaban J connectivity index is 1.61. The van der Waals surface area contributed by atoms with Gasteiger partial charge in [0.15, 0.2) is 10.9 Å². The minimum Gasteiger partial charge on any atom is -0.380 e. The van der Waals surface area contributed by atoms with E-state index < -0.39 is 0 Å². The van der Waals surface area contributed by atoms with Crippen molar-refractivity contribution in [3.63, 3.8) is 0 Å². The molecule has 1 aromatic heterocycles. The van der Waals surface area contributed by atoms with Gasteiger partial charge in [0.25, 0.3) is 0 Å². The maximum absolute atomic E-state index is 6.09. The monoisotopic (exact) mass is 346 g/mol. The van der Waals surface area contributed by atoms with Crippen LogP contribution in [0.25, 0.3) is 0 Å². The lowest BCUT2D eigenvalue weighted by atomic mass is 9.90. The van der Waals surface area contributed by atoms with Gasteiger partial charge in [-0.15, -0.1) is 0 Å². The molecule has 1 saturated heterocycles. The van der Waals surface area contributed by atoms with Crippen molar-refractivity contribution in [2.24, 2.45) is 0 Å². The first-order chi connectivity index (χ1) is 9.17. The third-order valence-electron chi connectivity index (χ3n) is 3.73. The molecule has 104 valence electrons. The Bertz CT molecular complexity index is 456. The van der Waals surface area contributed by atoms with Gasteiger partial charge in [-0.1, -0.05) is 11.6 Å². The highest BCUT2D eigenvalue weighted by Gasteiger charge is 2.40. The van der Waals surface area contributed by atoms with Gasteiger partial charge < -0.3 is 14.8 Å². The smallest absolute Gasteiger partial charge is 0.168 e. The summed E-state index contributed by atoms with van der Waals surface area (Å²) in [4.78, 5) is 4.12. The molecule has 1 aromatic rings. The second-order valence-electron chi connectivity index (χ2n) is 5.02. The van der Waals surface area contributed by atoms with Crippen molar-refractivity contribution in [2.45, 2.75) is 37.5 Å². The lowest BCUT2D eigenvalue weighted by Gasteiger charge is -2.36. The lowest BCUT2D eigenvalue weighted by molar-refractivity contribution is -0.177. The average molecular weight is 348 g/mol. The SMILES string of the molecule is Clc1ncc(Br)cc1NC1CCC2(CC1)OCCO2. The number of nitrogens with one attached hydrogen (secondary N) is 1. The number of anilines is 1. The molecular formula is C13H16BrClN2O2. The molecule has 1 aliphatic heterocycles. The maximum atomic E-state index is 6.09. The molecular weight excluding hydrogens is 332 g/mol. The Labute approximate surface area is 126 Å². The Kier molecular flexibility index (Phi) is 3.98. The van der Waals surface area contributed by atoms with Crippen LogP contribution in [0.5, 0.6) is 0 Å². The zero-order valence-electron chi connectivity index (χ0n) is 10.5. The van der Waals surface area contributed by atoms with Crippen LogP contribution in [0.1, 0.15) is 25.7 Å². The van der Waals surface area contributed by atoms with Crippen LogP contribution in [0.2, 0.25) is 5.15 Å². The van der Waals surface area contributed by atoms with Gasteiger partial charge in [-0.05, 0) is 34.8 Å². The Morgan fingerprint density at radius 3 is 2.68 bits per heavy atom. The van der Waals surface area contributed by atoms with Crippen LogP contribution in [0, 0.1) is 0 Å². The van der Waals surface area contributed by atoms with E-state index in [0.717, 1.165) is 49.1 Å². The van der Waals surface area contributed by atoms with Crippen molar-refractivity contribution in [3.8, 4) is 0 Å². The molecule has 2 heterocycles. The molecule has 3 rings (SSSR count). The molecule has 0 atom stereocenters. The predicted octanol–water partition coefficient (Wildman–Crippen LogP) is 3.60. The molecule has 2 aliphatic rings. The van der Waals surface area contributed by atoms with Crippen LogP contribution in [-0.2, 0) is 9.47 Å². The first-order valence-corrected chi connectivity index (χ1v) is 7.69. The number of rotatable bonds is 2. The summed E-state index contributed by atoms with van der Waals surface area (Å²) in [6, 6.07) is 2.36. The Hall–Kier alpha value is -0.360. The minimum atomic E-state index is -0.308. The summed E-state index contributed by atoms with van der Waals surface area (Å²) < 4.78 is 12.4. The van der Waals surface area contributed by atoms with Crippen LogP contribution in [0.3, 0.4) is 0 Å². The number of ether oxygens (including phenoxy) is 2. The highest BCUT2D eigenvalue weighted by atomic mass is 79.9. The van der Waals surface area contributed by atoms with Gasteiger partial charge in [-0.25, -0.2) is 4.98 Å². The Morgan fingerprint density at radius 2 is 2.00 bits per heavy atom. The normalized spacial score (nSPS) is 22.8. The van der Waals surface area contributed by atoms with Gasteiger partial charge in [0, 0.05) is 29.6 Å². The molecule has 19 heavy (non-hydrogen) atoms. The summed E-state index contributed by atoms with van der Waals surface area (Å²) in [5, 5.41) is 3.97. The quantitative estimate of drug-likeness (QED) is 0.830. The number of pyridine rings is 1. The molecule has 0 radical (unpaired) electrons. The van der Waals surface area contributed by atoms with Crippen molar-refractivity contribution in [3.05, 3.63) is 21.9 Å². The van der Waals surface area contributed by atoms with Gasteiger partial charge in [-0.2, -0.15) is 0 Å². The van der Waals surface area contributed by atoms with Gasteiger partial charge in [0.1, 0.15) is 0 Å². The van der Waals surface area contributed by atoms with Gasteiger partial charge >= 0.3 is 0 Å². The molecule has 0 unspecified atom stereocenters. The standard InChI is InChI=1S/C13H16BrClN2O2/c14-9-7-11(12(15)16-8-9)17-10-1-3-13(4-2-10)18-5-6-19-13/h7-8,10,17H,1-6H2. The first-order valence-electron chi connectivity index (χ1n) is 6.52. The van der Waals surface area contributed by atoms with Crippen LogP contribution in [0.15, 0.2) is 16.7 Å². The summed E-state index contributed by atoms with van der Waals surface area (Å²) in [7, 11) is 0. The average Bonchev–Trinajstić information content (AvgIpc) is 2.85. The number of hydrogen-bond donors (Lipinski definition) is 1. The van der Waals surface area contributed by atoms with E-state index in [1.807, 2.05) is 6.07 Å². The van der Waals surface area contributed by atoms with Gasteiger partial charge in [0.2, 0.25) is 0 Å². The Morgan fingerprint density at radius 1 is 1.32 bits per heavy atom. The van der Waals surface area contributed by atoms with Crippen molar-refractivity contribution in [1.29, 1.82) is 0 Å². The summed E-state index contributed by atoms with van der Waals surface area (Å²) >= 11 is 9.50. The van der Waals surface area contributed by atoms with E-state index in [1.54, 1.807) is 6.20 Å². The summed E-state index contributed by atoms with van der Waals surface area (Å²) in [5.41, 5.74) is 0.880. The van der Waals surface area contributed by atoms with E-state index >= 15 is 0 Å². The third kappa shape index (κ3) is 3.05. The zero-order valence-corrected chi connectivity index (χ0v) is 12.8. The molecule has 4 nitrogen and oxygen atoms in total. The van der Waals surface area contributed by atoms with E-state index in [4.69, 9.17) is 21.1 Å². The minimum absolute atomic E-state index is 0.308. The first kappa shape index (κ1) is 13.6. The van der Waals surface area contributed by atoms with Crippen molar-refractivity contribution >= 4 is 33.2 Å². The predicted molar refractivity (Wildman–Crippen MR) is 77.5 cm³/mol. The van der Waals surface area contributed by atoms with Crippen molar-refractivity contribution < 1.29 is 9.47 Å². The van der Waals surface area contributed by atoms with E-state index in [0.29, 0.717) is 11.2 Å². The zero-order chi connectivity index (χ0) is 13.3. The van der Waals surface area contributed by atoms with E-state index in [2.05, 4.69) is 26.2 Å². The van der Waals surface area contributed by atoms with Crippen molar-refractivity contribution in [2.75, 3.05) is 18.5 Å². The molecule has 0 aromatic carbocycles. The third-order valence-corrected chi connectivity index (χ3v) is 4.46. The fraction of sp³-hybridized carbons (Fsp3) is 0.615. The number of halogens is 2. The molecule has 2 fully saturated rings. The number of hydrogen-bond acceptors (Lipinski definition) is 4. The fourth-order valence-corrected chi connectivity index (χ4v) is 3.22. The molecule has 6 heteroatoms. The lowest BCUT2D eigenvalue weighted by Crippen LogP contribution is -2.39. The second kappa shape index (κ2) is 5.56. The maximum Gasteiger partial charge on any atom is 0.168 e. The molecule has 0 bridgehead atoms. The topological polar surface area (TPSA) is 43.4 Å². The second-order valence-corrected chi connectivity index (χ2v) is 6.29. The largest absolute Gasteiger partial charge is 0.380 e. The number of aromatic nitrogens is 1. The summed E-state index contributed by atoms with van der Waals surface area (Å²) in [5.74, 6) is -0.308. The van der Waals surface area contributed by atoms with Crippen LogP contribution >= 0.6 is 27.5 Å². The highest BCUT2D eigenvalue weighted by molar-refractivity contribution is 9.10. The van der Waals surface area contributed by atoms with Gasteiger partial charge in [-0.3, -0.25) is 0 Å². The number of nitrogens with zero attached hydrogens (tertiary/aromatic N) is 1. The molecule has 0 amide bonds. The molecule has 1 spiro atoms. The van der Waals surface area contributed by atoms with Crippen LogP contribution in [0.4, 0.5) is 5.69 Å². The fourth-order valence-electron chi connectivity index (χ4n) is 2.73. The van der Waals surface area contributed by atoms with Crippen molar-refractivity contribution in [1.82, 2.24) is 4.98 Å². The van der Waals surface area contributed by atoms with Gasteiger partial charge in [0.05, 0.1) is 18.9 Å². The molecule has 1 aliphatic carbocycles. The highest BCUT2D eigenvalue weighted by Crippen LogP contribution is 2.37. The molecule has 1 N–H and O–H groups in total. The summed E-state index contributed by atoms with van der Waals surface area (Å²) in [6.45, 7) is 1.44.